The van der Waals surface area contributed by atoms with Crippen LogP contribution in [0.4, 0.5) is 4.39 Å². The molecule has 0 aliphatic heterocycles. The summed E-state index contributed by atoms with van der Waals surface area (Å²) >= 11 is 11.3. The lowest BCUT2D eigenvalue weighted by Gasteiger charge is -2.06. The molecule has 1 nitrogen and oxygen atoms in total. The lowest BCUT2D eigenvalue weighted by atomic mass is 10.1. The molecule has 0 N–H and O–H groups in total. The molecule has 14 heavy (non-hydrogen) atoms. The van der Waals surface area contributed by atoms with Gasteiger partial charge in [0.1, 0.15) is 5.82 Å². The molecule has 0 spiro atoms. The number of carbonyl (C=O) groups is 1. The lowest BCUT2D eigenvalue weighted by molar-refractivity contribution is 0.0992. The minimum absolute atomic E-state index is 0.102. The van der Waals surface area contributed by atoms with Crippen LogP contribution in [0.3, 0.4) is 0 Å². The summed E-state index contributed by atoms with van der Waals surface area (Å²) < 4.78 is 13.0. The van der Waals surface area contributed by atoms with Gasteiger partial charge in [0.2, 0.25) is 0 Å². The number of ketones is 1. The van der Waals surface area contributed by atoms with Gasteiger partial charge in [-0.2, -0.15) is 0 Å². The van der Waals surface area contributed by atoms with Gasteiger partial charge >= 0.3 is 0 Å². The Labute approximate surface area is 91.8 Å². The summed E-state index contributed by atoms with van der Waals surface area (Å²) in [5.74, 6) is -0.714. The zero-order valence-corrected chi connectivity index (χ0v) is 9.29. The van der Waals surface area contributed by atoms with Crippen molar-refractivity contribution in [2.45, 2.75) is 19.2 Å². The predicted octanol–water partition coefficient (Wildman–Crippen LogP) is 3.60. The van der Waals surface area contributed by atoms with Gasteiger partial charge in [-0.05, 0) is 31.5 Å². The average molecular weight is 235 g/mol. The van der Waals surface area contributed by atoms with Crippen LogP contribution in [-0.2, 0) is 0 Å². The molecule has 0 fully saturated rings. The number of Topliss-reactive ketones (excluding diaryl/α,β-unsaturated/α-hetero) is 1. The maximum absolute atomic E-state index is 13.0. The number of benzene rings is 1. The SMILES string of the molecule is Cc1cc(C(=O)C(C)Cl)c(Cl)cc1F. The first-order valence-electron chi connectivity index (χ1n) is 4.07. The van der Waals surface area contributed by atoms with Crippen LogP contribution in [0.15, 0.2) is 12.1 Å². The highest BCUT2D eigenvalue weighted by Gasteiger charge is 2.17. The zero-order valence-electron chi connectivity index (χ0n) is 7.77. The molecule has 0 amide bonds. The van der Waals surface area contributed by atoms with Gasteiger partial charge in [-0.3, -0.25) is 4.79 Å². The zero-order chi connectivity index (χ0) is 10.9. The maximum atomic E-state index is 13.0. The second kappa shape index (κ2) is 4.28. The quantitative estimate of drug-likeness (QED) is 0.565. The van der Waals surface area contributed by atoms with Crippen molar-refractivity contribution in [2.75, 3.05) is 0 Å². The van der Waals surface area contributed by atoms with Crippen LogP contribution in [0.2, 0.25) is 5.02 Å². The molecule has 0 radical (unpaired) electrons. The number of hydrogen-bond acceptors (Lipinski definition) is 1. The molecule has 0 bridgehead atoms. The van der Waals surface area contributed by atoms with E-state index in [-0.39, 0.29) is 16.4 Å². The van der Waals surface area contributed by atoms with Crippen LogP contribution >= 0.6 is 23.2 Å². The molecule has 0 aliphatic carbocycles. The Hall–Kier alpha value is -0.600. The molecule has 1 rings (SSSR count). The van der Waals surface area contributed by atoms with Crippen molar-refractivity contribution in [3.63, 3.8) is 0 Å². The van der Waals surface area contributed by atoms with Crippen LogP contribution in [0.1, 0.15) is 22.8 Å². The van der Waals surface area contributed by atoms with Crippen molar-refractivity contribution in [1.82, 2.24) is 0 Å². The van der Waals surface area contributed by atoms with E-state index in [2.05, 4.69) is 0 Å². The van der Waals surface area contributed by atoms with Crippen molar-refractivity contribution in [2.24, 2.45) is 0 Å². The van der Waals surface area contributed by atoms with Crippen molar-refractivity contribution in [3.8, 4) is 0 Å². The molecule has 1 unspecified atom stereocenters. The van der Waals surface area contributed by atoms with Gasteiger partial charge in [0.05, 0.1) is 10.4 Å². The van der Waals surface area contributed by atoms with Crippen LogP contribution in [0.25, 0.3) is 0 Å². The number of alkyl halides is 1. The van der Waals surface area contributed by atoms with E-state index in [0.29, 0.717) is 5.56 Å². The number of halogens is 3. The summed E-state index contributed by atoms with van der Waals surface area (Å²) in [6, 6.07) is 2.54. The highest BCUT2D eigenvalue weighted by molar-refractivity contribution is 6.38. The fraction of sp³-hybridized carbons (Fsp3) is 0.300. The Kier molecular flexibility index (Phi) is 3.51. The molecule has 0 saturated carbocycles. The topological polar surface area (TPSA) is 17.1 Å². The maximum Gasteiger partial charge on any atom is 0.181 e. The largest absolute Gasteiger partial charge is 0.292 e. The van der Waals surface area contributed by atoms with E-state index < -0.39 is 11.2 Å². The summed E-state index contributed by atoms with van der Waals surface area (Å²) in [4.78, 5) is 11.5. The van der Waals surface area contributed by atoms with Gasteiger partial charge in [0.15, 0.2) is 5.78 Å². The van der Waals surface area contributed by atoms with Gasteiger partial charge in [-0.1, -0.05) is 11.6 Å². The van der Waals surface area contributed by atoms with E-state index in [9.17, 15) is 9.18 Å². The number of carbonyl (C=O) groups excluding carboxylic acids is 1. The van der Waals surface area contributed by atoms with Gasteiger partial charge < -0.3 is 0 Å². The summed E-state index contributed by atoms with van der Waals surface area (Å²) in [6.07, 6.45) is 0. The van der Waals surface area contributed by atoms with E-state index in [1.54, 1.807) is 13.8 Å². The first kappa shape index (κ1) is 11.5. The fourth-order valence-electron chi connectivity index (χ4n) is 1.06. The van der Waals surface area contributed by atoms with E-state index in [1.165, 1.54) is 6.07 Å². The molecule has 1 aromatic rings. The van der Waals surface area contributed by atoms with Crippen LogP contribution in [-0.4, -0.2) is 11.2 Å². The third-order valence-electron chi connectivity index (χ3n) is 1.88. The standard InChI is InChI=1S/C10H9Cl2FO/c1-5-3-7(10(14)6(2)11)8(12)4-9(5)13/h3-4,6H,1-2H3. The summed E-state index contributed by atoms with van der Waals surface area (Å²) in [7, 11) is 0. The first-order valence-corrected chi connectivity index (χ1v) is 4.89. The van der Waals surface area contributed by atoms with Crippen LogP contribution < -0.4 is 0 Å². The highest BCUT2D eigenvalue weighted by atomic mass is 35.5. The molecule has 1 aromatic carbocycles. The number of aryl methyl sites for hydroxylation is 1. The molecule has 0 saturated heterocycles. The molecular formula is C10H9Cl2FO. The van der Waals surface area contributed by atoms with Crippen LogP contribution in [0, 0.1) is 12.7 Å². The van der Waals surface area contributed by atoms with E-state index in [4.69, 9.17) is 23.2 Å². The number of rotatable bonds is 2. The fourth-order valence-corrected chi connectivity index (χ4v) is 1.42. The van der Waals surface area contributed by atoms with Crippen molar-refractivity contribution in [1.29, 1.82) is 0 Å². The highest BCUT2D eigenvalue weighted by Crippen LogP contribution is 2.22. The van der Waals surface area contributed by atoms with E-state index >= 15 is 0 Å². The van der Waals surface area contributed by atoms with Gasteiger partial charge in [-0.25, -0.2) is 4.39 Å². The minimum atomic E-state index is -0.655. The van der Waals surface area contributed by atoms with Crippen molar-refractivity contribution < 1.29 is 9.18 Å². The Morgan fingerprint density at radius 3 is 2.57 bits per heavy atom. The second-order valence-electron chi connectivity index (χ2n) is 3.06. The monoisotopic (exact) mass is 234 g/mol. The second-order valence-corrected chi connectivity index (χ2v) is 4.12. The smallest absolute Gasteiger partial charge is 0.181 e. The average Bonchev–Trinajstić information content (AvgIpc) is 2.10. The normalized spacial score (nSPS) is 12.6. The lowest BCUT2D eigenvalue weighted by Crippen LogP contribution is -2.11. The molecule has 0 heterocycles. The third kappa shape index (κ3) is 2.25. The Morgan fingerprint density at radius 2 is 2.07 bits per heavy atom. The third-order valence-corrected chi connectivity index (χ3v) is 2.39. The predicted molar refractivity (Wildman–Crippen MR) is 55.8 cm³/mol. The van der Waals surface area contributed by atoms with Gasteiger partial charge in [0, 0.05) is 5.56 Å². The Balaban J connectivity index is 3.22. The molecule has 4 heteroatoms. The minimum Gasteiger partial charge on any atom is -0.292 e. The van der Waals surface area contributed by atoms with E-state index in [0.717, 1.165) is 6.07 Å². The molecule has 76 valence electrons. The van der Waals surface area contributed by atoms with Gasteiger partial charge in [0.25, 0.3) is 0 Å². The van der Waals surface area contributed by atoms with Gasteiger partial charge in [-0.15, -0.1) is 11.6 Å². The Bertz CT molecular complexity index is 375. The molecule has 0 aliphatic rings. The van der Waals surface area contributed by atoms with Crippen molar-refractivity contribution >= 4 is 29.0 Å². The summed E-state index contributed by atoms with van der Waals surface area (Å²) in [5, 5.41) is -0.553. The van der Waals surface area contributed by atoms with E-state index in [1.807, 2.05) is 0 Å². The summed E-state index contributed by atoms with van der Waals surface area (Å²) in [5.41, 5.74) is 0.656. The number of hydrogen-bond donors (Lipinski definition) is 0. The molecular weight excluding hydrogens is 226 g/mol. The first-order chi connectivity index (χ1) is 6.43. The van der Waals surface area contributed by atoms with Crippen LogP contribution in [0.5, 0.6) is 0 Å². The Morgan fingerprint density at radius 1 is 1.50 bits per heavy atom. The molecule has 1 atom stereocenters. The summed E-state index contributed by atoms with van der Waals surface area (Å²) in [6.45, 7) is 3.13. The molecule has 0 aromatic heterocycles. The van der Waals surface area contributed by atoms with Crippen molar-refractivity contribution in [3.05, 3.63) is 34.1 Å².